The van der Waals surface area contributed by atoms with Crippen LogP contribution in [0.3, 0.4) is 0 Å². The Morgan fingerprint density at radius 1 is 1.02 bits per heavy atom. The molecule has 0 saturated heterocycles. The molecule has 0 bridgehead atoms. The van der Waals surface area contributed by atoms with Gasteiger partial charge in [-0.15, -0.1) is 0 Å². The number of nitrogens with zero attached hydrogens (tertiary/aromatic N) is 2. The van der Waals surface area contributed by atoms with Crippen molar-refractivity contribution in [2.24, 2.45) is 17.6 Å². The van der Waals surface area contributed by atoms with Crippen molar-refractivity contribution in [3.05, 3.63) is 64.1 Å². The molecule has 0 aromatic heterocycles. The smallest absolute Gasteiger partial charge is 0.255 e. The third-order valence-corrected chi connectivity index (χ3v) is 8.41. The molecule has 0 heterocycles. The summed E-state index contributed by atoms with van der Waals surface area (Å²) in [4.78, 5) is 42.9. The number of benzene rings is 2. The molecule has 0 fully saturated rings. The Bertz CT molecular complexity index is 1540. The number of aromatic hydroxyl groups is 1. The van der Waals surface area contributed by atoms with Crippen molar-refractivity contribution in [1.29, 1.82) is 0 Å². The van der Waals surface area contributed by atoms with Crippen molar-refractivity contribution in [1.82, 2.24) is 4.90 Å². The summed E-state index contributed by atoms with van der Waals surface area (Å²) in [6.45, 7) is 0. The topological polar surface area (TPSA) is 191 Å². The fourth-order valence-electron chi connectivity index (χ4n) is 6.78. The highest BCUT2D eigenvalue weighted by atomic mass is 16.3. The van der Waals surface area contributed by atoms with Gasteiger partial charge in [-0.05, 0) is 44.0 Å². The summed E-state index contributed by atoms with van der Waals surface area (Å²) in [5.74, 6) is -7.10. The summed E-state index contributed by atoms with van der Waals surface area (Å²) in [7, 11) is 6.76. The zero-order valence-electron chi connectivity index (χ0n) is 22.6. The van der Waals surface area contributed by atoms with Crippen molar-refractivity contribution >= 4 is 28.8 Å². The predicted molar refractivity (Wildman–Crippen MR) is 148 cm³/mol. The third kappa shape index (κ3) is 3.47. The molecule has 2 aromatic carbocycles. The Morgan fingerprint density at radius 3 is 2.20 bits per heavy atom. The number of Topliss-reactive ketones (excluding diaryl/α,β-unsaturated/α-hetero) is 2. The highest BCUT2D eigenvalue weighted by molar-refractivity contribution is 6.25. The quantitative estimate of drug-likeness (QED) is 0.185. The van der Waals surface area contributed by atoms with E-state index in [1.54, 1.807) is 33.1 Å². The number of phenols is 1. The predicted octanol–water partition coefficient (Wildman–Crippen LogP) is 1.44. The van der Waals surface area contributed by atoms with Gasteiger partial charge in [-0.25, -0.2) is 0 Å². The van der Waals surface area contributed by atoms with Crippen molar-refractivity contribution in [2.75, 3.05) is 38.8 Å². The van der Waals surface area contributed by atoms with E-state index in [4.69, 9.17) is 11.5 Å². The van der Waals surface area contributed by atoms with Crippen LogP contribution >= 0.6 is 0 Å². The normalized spacial score (nSPS) is 26.0. The molecule has 1 amide bonds. The molecule has 0 saturated carbocycles. The molecule has 40 heavy (non-hydrogen) atoms. The fraction of sp³-hybridized carbons (Fsp3) is 0.345. The molecule has 8 N–H and O–H groups in total. The van der Waals surface area contributed by atoms with Gasteiger partial charge in [0.1, 0.15) is 17.1 Å². The van der Waals surface area contributed by atoms with Gasteiger partial charge in [-0.3, -0.25) is 19.3 Å². The maximum Gasteiger partial charge on any atom is 0.255 e. The molecule has 11 heteroatoms. The zero-order chi connectivity index (χ0) is 29.4. The van der Waals surface area contributed by atoms with Crippen LogP contribution in [0.4, 0.5) is 11.4 Å². The van der Waals surface area contributed by atoms with E-state index in [9.17, 15) is 34.8 Å². The van der Waals surface area contributed by atoms with Crippen LogP contribution in [0.25, 0.3) is 11.1 Å². The van der Waals surface area contributed by atoms with Crippen molar-refractivity contribution in [2.45, 2.75) is 24.5 Å². The summed E-state index contributed by atoms with van der Waals surface area (Å²) in [5, 5.41) is 45.4. The maximum atomic E-state index is 14.0. The average molecular weight is 549 g/mol. The second-order valence-corrected chi connectivity index (χ2v) is 11.1. The molecule has 0 spiro atoms. The summed E-state index contributed by atoms with van der Waals surface area (Å²) >= 11 is 0. The Kier molecular flexibility index (Phi) is 6.20. The summed E-state index contributed by atoms with van der Waals surface area (Å²) in [5.41, 5.74) is 10.3. The lowest BCUT2D eigenvalue weighted by molar-refractivity contribution is -0.148. The number of hydrogen-bond acceptors (Lipinski definition) is 10. The lowest BCUT2D eigenvalue weighted by atomic mass is 9.58. The number of rotatable bonds is 4. The standard InChI is InChI=1S/C29H32N4O7/c1-32(2)21-14-10-13-11-15-22(33(3)4)25(36)19(28(31)39)27(38)29(15,40)26(37)17(13)23(34)18(14)24(35)20(30)16(21)12-8-6-5-7-9-12/h5-9,13,15,22,35-37,40H,10-11,30H2,1-4H3,(H2,31,39)/t13-,15-,22-,29-/m0/s1. The van der Waals surface area contributed by atoms with E-state index in [0.29, 0.717) is 16.8 Å². The number of carbonyl (C=O) groups is 3. The number of aliphatic hydroxyl groups is 3. The minimum atomic E-state index is -2.69. The first-order valence-corrected chi connectivity index (χ1v) is 12.8. The molecule has 0 radical (unpaired) electrons. The molecule has 210 valence electrons. The van der Waals surface area contributed by atoms with Crippen LogP contribution in [0.15, 0.2) is 53.0 Å². The number of hydrogen-bond donors (Lipinski definition) is 6. The van der Waals surface area contributed by atoms with Crippen LogP contribution in [0.1, 0.15) is 22.3 Å². The number of phenolic OH excluding ortho intramolecular Hbond substituents is 1. The van der Waals surface area contributed by atoms with E-state index >= 15 is 0 Å². The van der Waals surface area contributed by atoms with E-state index in [-0.39, 0.29) is 29.7 Å². The second-order valence-electron chi connectivity index (χ2n) is 11.1. The number of ketones is 2. The van der Waals surface area contributed by atoms with E-state index < -0.39 is 63.8 Å². The molecule has 5 rings (SSSR count). The maximum absolute atomic E-state index is 14.0. The number of allylic oxidation sites excluding steroid dienone is 1. The zero-order valence-corrected chi connectivity index (χ0v) is 22.6. The Hall–Kier alpha value is -4.35. The lowest BCUT2D eigenvalue weighted by Crippen LogP contribution is -2.63. The SMILES string of the molecule is CN(C)c1c2c(c(O)c(N)c1-c1ccccc1)C(=O)C1=C(O)[C@]3(O)C(=O)C(C(N)=O)=C(O)[C@@H](N(C)C)[C@@H]3C[C@@H]1C2. The van der Waals surface area contributed by atoms with Gasteiger partial charge in [-0.2, -0.15) is 0 Å². The summed E-state index contributed by atoms with van der Waals surface area (Å²) < 4.78 is 0. The first-order chi connectivity index (χ1) is 18.7. The number of nitrogen functional groups attached to an aromatic ring is 1. The van der Waals surface area contributed by atoms with E-state index in [2.05, 4.69) is 0 Å². The first-order valence-electron chi connectivity index (χ1n) is 12.8. The Labute approximate surface area is 230 Å². The van der Waals surface area contributed by atoms with E-state index in [0.717, 1.165) is 5.56 Å². The van der Waals surface area contributed by atoms with Gasteiger partial charge in [0, 0.05) is 31.1 Å². The fourth-order valence-corrected chi connectivity index (χ4v) is 6.78. The molecule has 4 atom stereocenters. The molecule has 3 aliphatic carbocycles. The van der Waals surface area contributed by atoms with Crippen LogP contribution in [-0.2, 0) is 16.0 Å². The highest BCUT2D eigenvalue weighted by Crippen LogP contribution is 2.55. The van der Waals surface area contributed by atoms with Crippen LogP contribution in [-0.4, -0.2) is 82.6 Å². The van der Waals surface area contributed by atoms with Crippen molar-refractivity contribution in [3.63, 3.8) is 0 Å². The van der Waals surface area contributed by atoms with Gasteiger partial charge in [0.2, 0.25) is 5.78 Å². The number of aliphatic hydroxyl groups excluding tert-OH is 2. The molecule has 0 aliphatic heterocycles. The molecule has 11 nitrogen and oxygen atoms in total. The molecular formula is C29H32N4O7. The molecule has 2 aromatic rings. The van der Waals surface area contributed by atoms with Gasteiger partial charge >= 0.3 is 0 Å². The monoisotopic (exact) mass is 548 g/mol. The number of primary amides is 1. The number of nitrogens with two attached hydrogens (primary N) is 2. The molecule has 0 unspecified atom stereocenters. The van der Waals surface area contributed by atoms with Gasteiger partial charge < -0.3 is 36.8 Å². The van der Waals surface area contributed by atoms with Gasteiger partial charge in [-0.1, -0.05) is 30.3 Å². The second kappa shape index (κ2) is 9.10. The third-order valence-electron chi connectivity index (χ3n) is 8.41. The number of fused-ring (bicyclic) bond motifs is 3. The number of likely N-dealkylation sites (N-methyl/N-ethyl adjacent to an activating group) is 1. The van der Waals surface area contributed by atoms with Crippen LogP contribution in [0.2, 0.25) is 0 Å². The van der Waals surface area contributed by atoms with Gasteiger partial charge in [0.15, 0.2) is 17.1 Å². The largest absolute Gasteiger partial charge is 0.510 e. The van der Waals surface area contributed by atoms with E-state index in [1.165, 1.54) is 4.90 Å². The Morgan fingerprint density at radius 2 is 1.65 bits per heavy atom. The average Bonchev–Trinajstić information content (AvgIpc) is 2.88. The minimum absolute atomic E-state index is 0.00440. The van der Waals surface area contributed by atoms with Gasteiger partial charge in [0.05, 0.1) is 23.0 Å². The number of amides is 1. The van der Waals surface area contributed by atoms with Crippen LogP contribution < -0.4 is 16.4 Å². The summed E-state index contributed by atoms with van der Waals surface area (Å²) in [6, 6.07) is 8.14. The molecule has 3 aliphatic rings. The van der Waals surface area contributed by atoms with Crippen molar-refractivity contribution < 1.29 is 34.8 Å². The number of carbonyl (C=O) groups excluding carboxylic acids is 3. The lowest BCUT2D eigenvalue weighted by Gasteiger charge is -2.50. The highest BCUT2D eigenvalue weighted by Gasteiger charge is 2.63. The van der Waals surface area contributed by atoms with Gasteiger partial charge in [0.25, 0.3) is 5.91 Å². The Balaban J connectivity index is 1.78. The van der Waals surface area contributed by atoms with Crippen molar-refractivity contribution in [3.8, 4) is 16.9 Å². The van der Waals surface area contributed by atoms with Crippen LogP contribution in [0, 0.1) is 11.8 Å². The molecular weight excluding hydrogens is 516 g/mol. The minimum Gasteiger partial charge on any atom is -0.510 e. The first kappa shape index (κ1) is 27.2. The van der Waals surface area contributed by atoms with Crippen LogP contribution in [0.5, 0.6) is 5.75 Å². The summed E-state index contributed by atoms with van der Waals surface area (Å²) in [6.07, 6.45) is 0.167. The van der Waals surface area contributed by atoms with E-state index in [1.807, 2.05) is 30.3 Å². The number of anilines is 2.